The van der Waals surface area contributed by atoms with Crippen LogP contribution in [-0.4, -0.2) is 74.7 Å². The Morgan fingerprint density at radius 3 is 1.92 bits per heavy atom. The Morgan fingerprint density at radius 2 is 1.41 bits per heavy atom. The Kier molecular flexibility index (Phi) is 11.6. The molecule has 274 valence electrons. The number of methoxy groups -OCH3 is 1. The number of anilines is 1. The second-order valence-corrected chi connectivity index (χ2v) is 26.1. The van der Waals surface area contributed by atoms with E-state index in [1.165, 1.54) is 11.1 Å². The van der Waals surface area contributed by atoms with Gasteiger partial charge in [0.2, 0.25) is 0 Å². The lowest BCUT2D eigenvalue weighted by Crippen LogP contribution is -2.54. The van der Waals surface area contributed by atoms with Gasteiger partial charge >= 0.3 is 0 Å². The summed E-state index contributed by atoms with van der Waals surface area (Å²) in [6, 6.07) is 23.1. The van der Waals surface area contributed by atoms with Crippen molar-refractivity contribution in [3.63, 3.8) is 0 Å². The van der Waals surface area contributed by atoms with Gasteiger partial charge in [-0.1, -0.05) is 102 Å². The van der Waals surface area contributed by atoms with Gasteiger partial charge in [-0.05, 0) is 47.4 Å². The summed E-state index contributed by atoms with van der Waals surface area (Å²) in [4.78, 5) is 14.6. The van der Waals surface area contributed by atoms with Crippen LogP contribution in [0.3, 0.4) is 0 Å². The highest BCUT2D eigenvalue weighted by Crippen LogP contribution is 2.46. The fraction of sp³-hybridized carbons (Fsp3) is 0.538. The first-order valence-electron chi connectivity index (χ1n) is 17.9. The van der Waals surface area contributed by atoms with Crippen molar-refractivity contribution in [1.82, 2.24) is 19.5 Å². The van der Waals surface area contributed by atoms with Crippen LogP contribution in [0.1, 0.15) is 70.6 Å². The van der Waals surface area contributed by atoms with Gasteiger partial charge < -0.3 is 23.6 Å². The fourth-order valence-corrected chi connectivity index (χ4v) is 8.56. The summed E-state index contributed by atoms with van der Waals surface area (Å²) in [5.74, 6) is 1.04. The highest BCUT2D eigenvalue weighted by Gasteiger charge is 2.54. The van der Waals surface area contributed by atoms with Crippen LogP contribution in [-0.2, 0) is 24.7 Å². The zero-order valence-corrected chi connectivity index (χ0v) is 34.2. The summed E-state index contributed by atoms with van der Waals surface area (Å²) in [5.41, 5.74) is 3.55. The molecule has 0 aliphatic carbocycles. The largest absolute Gasteiger partial charge is 0.408 e. The molecule has 1 aliphatic rings. The topological polar surface area (TPSA) is 116 Å². The van der Waals surface area contributed by atoms with Gasteiger partial charge in [-0.2, -0.15) is 5.26 Å². The van der Waals surface area contributed by atoms with Gasteiger partial charge in [-0.3, -0.25) is 4.57 Å². The number of nitrogens with zero attached hydrogens (tertiary/aromatic N) is 5. The number of nitrogens with one attached hydrogen (secondary N) is 1. The van der Waals surface area contributed by atoms with E-state index in [9.17, 15) is 5.26 Å². The third-order valence-corrected chi connectivity index (χ3v) is 19.9. The van der Waals surface area contributed by atoms with Gasteiger partial charge in [0.1, 0.15) is 24.1 Å². The number of imidazole rings is 1. The van der Waals surface area contributed by atoms with E-state index in [4.69, 9.17) is 33.3 Å². The molecule has 0 amide bonds. The van der Waals surface area contributed by atoms with E-state index in [0.717, 1.165) is 0 Å². The van der Waals surface area contributed by atoms with Crippen molar-refractivity contribution >= 4 is 33.6 Å². The quantitative estimate of drug-likeness (QED) is 0.135. The van der Waals surface area contributed by atoms with Gasteiger partial charge in [0.25, 0.3) is 0 Å². The van der Waals surface area contributed by atoms with E-state index in [1.54, 1.807) is 13.4 Å². The normalized spacial score (nSPS) is 20.2. The predicted molar refractivity (Wildman–Crippen MR) is 208 cm³/mol. The van der Waals surface area contributed by atoms with Gasteiger partial charge in [0.15, 0.2) is 39.8 Å². The zero-order chi connectivity index (χ0) is 37.2. The minimum absolute atomic E-state index is 0.0245. The standard InChI is InChI=1S/C39H56N6O4Si2/c1-38(2,3)50(8,9)48-33-30(25-46-7)47-37(34(33)49-51(10,11)39(4,5)6)45-26-42-32-35(43-31(22-23-40)44-36(32)45)41-24-29(27-18-14-12-15-19-27)28-20-16-13-17-21-28/h12-21,26,29-30,33-34,37H,22,24-25H2,1-11H3,(H,41,43,44)/t30-,33-,34+,37-/m1/s1. The Labute approximate surface area is 306 Å². The number of hydrogen-bond acceptors (Lipinski definition) is 9. The minimum Gasteiger partial charge on any atom is -0.408 e. The molecule has 0 unspecified atom stereocenters. The van der Waals surface area contributed by atoms with Gasteiger partial charge in [-0.25, -0.2) is 15.0 Å². The van der Waals surface area contributed by atoms with Gasteiger partial charge in [-0.15, -0.1) is 0 Å². The maximum atomic E-state index is 9.74. The first-order valence-corrected chi connectivity index (χ1v) is 23.7. The van der Waals surface area contributed by atoms with Crippen LogP contribution in [0.5, 0.6) is 0 Å². The van der Waals surface area contributed by atoms with Crippen LogP contribution in [0, 0.1) is 11.3 Å². The van der Waals surface area contributed by atoms with E-state index in [2.05, 4.69) is 128 Å². The van der Waals surface area contributed by atoms with Gasteiger partial charge in [0.05, 0.1) is 25.4 Å². The molecule has 0 bridgehead atoms. The monoisotopic (exact) mass is 728 g/mol. The second-order valence-electron chi connectivity index (χ2n) is 16.6. The van der Waals surface area contributed by atoms with E-state index in [1.807, 2.05) is 16.7 Å². The summed E-state index contributed by atoms with van der Waals surface area (Å²) < 4.78 is 29.0. The van der Waals surface area contributed by atoms with Crippen LogP contribution in [0.2, 0.25) is 36.3 Å². The average molecular weight is 729 g/mol. The molecule has 10 nitrogen and oxygen atoms in total. The molecular weight excluding hydrogens is 673 g/mol. The smallest absolute Gasteiger partial charge is 0.192 e. The summed E-state index contributed by atoms with van der Waals surface area (Å²) >= 11 is 0. The van der Waals surface area contributed by atoms with Crippen LogP contribution in [0.25, 0.3) is 11.2 Å². The lowest BCUT2D eigenvalue weighted by molar-refractivity contribution is -0.0562. The molecule has 51 heavy (non-hydrogen) atoms. The molecule has 2 aromatic carbocycles. The zero-order valence-electron chi connectivity index (χ0n) is 32.2. The number of ether oxygens (including phenoxy) is 2. The van der Waals surface area contributed by atoms with Crippen molar-refractivity contribution < 1.29 is 18.3 Å². The van der Waals surface area contributed by atoms with Crippen LogP contribution in [0.15, 0.2) is 67.0 Å². The summed E-state index contributed by atoms with van der Waals surface area (Å²) in [6.07, 6.45) is 0.00421. The molecule has 4 atom stereocenters. The molecular formula is C39H56N6O4Si2. The minimum atomic E-state index is -2.34. The molecule has 5 rings (SSSR count). The lowest BCUT2D eigenvalue weighted by atomic mass is 9.91. The van der Waals surface area contributed by atoms with Crippen molar-refractivity contribution in [2.45, 2.75) is 115 Å². The molecule has 1 fully saturated rings. The first-order chi connectivity index (χ1) is 24.0. The van der Waals surface area contributed by atoms with E-state index in [0.29, 0.717) is 36.0 Å². The molecule has 1 saturated heterocycles. The fourth-order valence-electron chi connectivity index (χ4n) is 5.95. The van der Waals surface area contributed by atoms with Crippen LogP contribution >= 0.6 is 0 Å². The number of aromatic nitrogens is 4. The molecule has 2 aromatic heterocycles. The van der Waals surface area contributed by atoms with Gasteiger partial charge in [0, 0.05) is 19.6 Å². The molecule has 12 heteroatoms. The highest BCUT2D eigenvalue weighted by atomic mass is 28.4. The van der Waals surface area contributed by atoms with Crippen molar-refractivity contribution in [1.29, 1.82) is 5.26 Å². The van der Waals surface area contributed by atoms with Crippen molar-refractivity contribution in [3.8, 4) is 6.07 Å². The van der Waals surface area contributed by atoms with E-state index >= 15 is 0 Å². The van der Waals surface area contributed by atoms with Crippen LogP contribution in [0.4, 0.5) is 5.82 Å². The highest BCUT2D eigenvalue weighted by molar-refractivity contribution is 6.74. The number of hydrogen-bond donors (Lipinski definition) is 1. The third-order valence-electron chi connectivity index (χ3n) is 10.9. The maximum Gasteiger partial charge on any atom is 0.192 e. The molecule has 4 aromatic rings. The molecule has 0 spiro atoms. The summed E-state index contributed by atoms with van der Waals surface area (Å²) in [6.45, 7) is 23.4. The van der Waals surface area contributed by atoms with E-state index < -0.39 is 29.0 Å². The third kappa shape index (κ3) is 8.45. The second kappa shape index (κ2) is 15.3. The van der Waals surface area contributed by atoms with Crippen molar-refractivity contribution in [2.24, 2.45) is 0 Å². The number of rotatable bonds is 13. The summed E-state index contributed by atoms with van der Waals surface area (Å²) in [7, 11) is -2.93. The Hall–Kier alpha value is -3.45. The number of benzene rings is 2. The molecule has 1 N–H and O–H groups in total. The SMILES string of the molecule is COC[C@H]1O[C@@H](n2cnc3c(NCC(c4ccccc4)c4ccccc4)nc(CC#N)nc32)[C@@H](O[Si](C)(C)C(C)(C)C)[C@@H]1O[Si](C)(C)C(C)(C)C. The molecule has 3 heterocycles. The first kappa shape index (κ1) is 38.8. The predicted octanol–water partition coefficient (Wildman–Crippen LogP) is 8.46. The van der Waals surface area contributed by atoms with Crippen molar-refractivity contribution in [2.75, 3.05) is 25.6 Å². The molecule has 1 aliphatic heterocycles. The Balaban J connectivity index is 1.59. The summed E-state index contributed by atoms with van der Waals surface area (Å²) in [5, 5.41) is 13.3. The number of nitriles is 1. The Bertz CT molecular complexity index is 1760. The van der Waals surface area contributed by atoms with Crippen LogP contribution < -0.4 is 5.32 Å². The lowest BCUT2D eigenvalue weighted by Gasteiger charge is -2.44. The van der Waals surface area contributed by atoms with Crippen molar-refractivity contribution in [3.05, 3.63) is 83.9 Å². The average Bonchev–Trinajstić information content (AvgIpc) is 3.62. The Morgan fingerprint density at radius 1 is 0.863 bits per heavy atom. The maximum absolute atomic E-state index is 9.74. The molecule has 0 radical (unpaired) electrons. The number of fused-ring (bicyclic) bond motifs is 1. The molecule has 0 saturated carbocycles. The van der Waals surface area contributed by atoms with E-state index in [-0.39, 0.29) is 34.6 Å².